The van der Waals surface area contributed by atoms with E-state index in [1.165, 1.54) is 0 Å². The Kier molecular flexibility index (Phi) is 8.73. The standard InChI is InChI=1S/C25H31ClO7/c1-4-31-18-8-5-15(6-9-18)11-17-12-16(7-10-19(17)26)24-23(29)22(28)21(27)20(33-24)13-32-25(30)14(2)3/h5-10,12,14,20-24,27-29H,4,11,13H2,1-3H3/t20-,21-,22+,23-,24+/m1/s1. The summed E-state index contributed by atoms with van der Waals surface area (Å²) in [6.45, 7) is 5.68. The molecule has 0 radical (unpaired) electrons. The molecule has 1 heterocycles. The lowest BCUT2D eigenvalue weighted by Gasteiger charge is -2.40. The first kappa shape index (κ1) is 25.5. The number of hydrogen-bond donors (Lipinski definition) is 3. The van der Waals surface area contributed by atoms with Crippen molar-refractivity contribution in [1.82, 2.24) is 0 Å². The first-order valence-electron chi connectivity index (χ1n) is 11.1. The van der Waals surface area contributed by atoms with Crippen LogP contribution in [0.25, 0.3) is 0 Å². The molecule has 8 heteroatoms. The van der Waals surface area contributed by atoms with Crippen molar-refractivity contribution in [2.24, 2.45) is 5.92 Å². The molecule has 0 aliphatic carbocycles. The van der Waals surface area contributed by atoms with Crippen LogP contribution in [-0.2, 0) is 20.7 Å². The lowest BCUT2D eigenvalue weighted by atomic mass is 9.90. The first-order valence-corrected chi connectivity index (χ1v) is 11.4. The van der Waals surface area contributed by atoms with E-state index in [1.54, 1.807) is 26.0 Å². The van der Waals surface area contributed by atoms with Crippen LogP contribution in [0.2, 0.25) is 5.02 Å². The fraction of sp³-hybridized carbons (Fsp3) is 0.480. The fourth-order valence-corrected chi connectivity index (χ4v) is 3.88. The molecule has 7 nitrogen and oxygen atoms in total. The van der Waals surface area contributed by atoms with Crippen LogP contribution < -0.4 is 4.74 Å². The van der Waals surface area contributed by atoms with E-state index in [1.807, 2.05) is 37.3 Å². The molecule has 1 fully saturated rings. The molecule has 0 saturated carbocycles. The van der Waals surface area contributed by atoms with E-state index in [2.05, 4.69) is 0 Å². The lowest BCUT2D eigenvalue weighted by molar-refractivity contribution is -0.234. The number of aliphatic hydroxyl groups excluding tert-OH is 3. The molecule has 0 aromatic heterocycles. The largest absolute Gasteiger partial charge is 0.494 e. The molecule has 3 N–H and O–H groups in total. The maximum Gasteiger partial charge on any atom is 0.308 e. The minimum absolute atomic E-state index is 0.231. The first-order chi connectivity index (χ1) is 15.7. The maximum atomic E-state index is 11.8. The molecule has 2 aromatic rings. The van der Waals surface area contributed by atoms with Gasteiger partial charge >= 0.3 is 5.97 Å². The van der Waals surface area contributed by atoms with Crippen LogP contribution >= 0.6 is 11.6 Å². The monoisotopic (exact) mass is 478 g/mol. The molecule has 0 amide bonds. The van der Waals surface area contributed by atoms with Crippen LogP contribution in [0.15, 0.2) is 42.5 Å². The number of carbonyl (C=O) groups excluding carboxylic acids is 1. The zero-order chi connectivity index (χ0) is 24.1. The SMILES string of the molecule is CCOc1ccc(Cc2cc([C@@H]3O[C@H](COC(=O)C(C)C)[C@@H](O)[C@H](O)[C@H]3O)ccc2Cl)cc1. The summed E-state index contributed by atoms with van der Waals surface area (Å²) in [5.74, 6) is 0.0159. The number of rotatable bonds is 8. The van der Waals surface area contributed by atoms with Gasteiger partial charge in [-0.3, -0.25) is 4.79 Å². The number of aliphatic hydroxyl groups is 3. The molecule has 0 spiro atoms. The summed E-state index contributed by atoms with van der Waals surface area (Å²) in [6.07, 6.45) is -5.59. The van der Waals surface area contributed by atoms with Crippen LogP contribution in [0, 0.1) is 5.92 Å². The zero-order valence-electron chi connectivity index (χ0n) is 19.0. The number of halogens is 1. The number of ether oxygens (including phenoxy) is 3. The van der Waals surface area contributed by atoms with Crippen molar-refractivity contribution in [3.8, 4) is 5.75 Å². The Labute approximate surface area is 198 Å². The molecule has 2 aromatic carbocycles. The van der Waals surface area contributed by atoms with Gasteiger partial charge in [-0.05, 0) is 48.2 Å². The van der Waals surface area contributed by atoms with Gasteiger partial charge in [0, 0.05) is 5.02 Å². The average molecular weight is 479 g/mol. The normalized spacial score (nSPS) is 25.2. The third-order valence-corrected chi connectivity index (χ3v) is 5.97. The molecular weight excluding hydrogens is 448 g/mol. The molecular formula is C25H31ClO7. The second-order valence-electron chi connectivity index (χ2n) is 8.46. The van der Waals surface area contributed by atoms with Gasteiger partial charge in [0.1, 0.15) is 42.9 Å². The van der Waals surface area contributed by atoms with Gasteiger partial charge in [0.15, 0.2) is 0 Å². The van der Waals surface area contributed by atoms with Crippen LogP contribution in [-0.4, -0.2) is 58.9 Å². The minimum Gasteiger partial charge on any atom is -0.494 e. The summed E-state index contributed by atoms with van der Waals surface area (Å²) in [6, 6.07) is 12.9. The molecule has 1 saturated heterocycles. The number of carbonyl (C=O) groups is 1. The average Bonchev–Trinajstić information content (AvgIpc) is 2.80. The minimum atomic E-state index is -1.46. The quantitative estimate of drug-likeness (QED) is 0.501. The Morgan fingerprint density at radius 3 is 2.39 bits per heavy atom. The van der Waals surface area contributed by atoms with E-state index in [4.69, 9.17) is 25.8 Å². The van der Waals surface area contributed by atoms with Crippen molar-refractivity contribution in [3.05, 3.63) is 64.2 Å². The topological polar surface area (TPSA) is 105 Å². The summed E-state index contributed by atoms with van der Waals surface area (Å²) in [5, 5.41) is 31.9. The van der Waals surface area contributed by atoms with Gasteiger partial charge in [0.2, 0.25) is 0 Å². The lowest BCUT2D eigenvalue weighted by Crippen LogP contribution is -2.55. The van der Waals surface area contributed by atoms with Gasteiger partial charge < -0.3 is 29.5 Å². The van der Waals surface area contributed by atoms with E-state index >= 15 is 0 Å². The van der Waals surface area contributed by atoms with Crippen molar-refractivity contribution in [2.75, 3.05) is 13.2 Å². The Morgan fingerprint density at radius 2 is 1.76 bits per heavy atom. The number of hydrogen-bond acceptors (Lipinski definition) is 7. The Balaban J connectivity index is 1.78. The molecule has 0 unspecified atom stereocenters. The molecule has 180 valence electrons. The third kappa shape index (κ3) is 6.25. The summed E-state index contributed by atoms with van der Waals surface area (Å²) in [5.41, 5.74) is 2.44. The maximum absolute atomic E-state index is 11.8. The predicted octanol–water partition coefficient (Wildman–Crippen LogP) is 3.05. The van der Waals surface area contributed by atoms with Crippen LogP contribution in [0.3, 0.4) is 0 Å². The second-order valence-corrected chi connectivity index (χ2v) is 8.86. The molecule has 1 aliphatic rings. The van der Waals surface area contributed by atoms with Crippen LogP contribution in [0.5, 0.6) is 5.75 Å². The highest BCUT2D eigenvalue weighted by Gasteiger charge is 2.44. The molecule has 5 atom stereocenters. The number of benzene rings is 2. The van der Waals surface area contributed by atoms with E-state index in [0.29, 0.717) is 23.6 Å². The fourth-order valence-electron chi connectivity index (χ4n) is 3.69. The van der Waals surface area contributed by atoms with Crippen LogP contribution in [0.4, 0.5) is 0 Å². The Bertz CT molecular complexity index is 931. The van der Waals surface area contributed by atoms with E-state index in [-0.39, 0.29) is 12.5 Å². The predicted molar refractivity (Wildman–Crippen MR) is 123 cm³/mol. The van der Waals surface area contributed by atoms with Gasteiger partial charge in [-0.1, -0.05) is 49.7 Å². The highest BCUT2D eigenvalue weighted by atomic mass is 35.5. The Hall–Kier alpha value is -2.16. The van der Waals surface area contributed by atoms with Gasteiger partial charge in [-0.2, -0.15) is 0 Å². The van der Waals surface area contributed by atoms with Crippen molar-refractivity contribution >= 4 is 17.6 Å². The highest BCUT2D eigenvalue weighted by molar-refractivity contribution is 6.31. The Morgan fingerprint density at radius 1 is 1.06 bits per heavy atom. The smallest absolute Gasteiger partial charge is 0.308 e. The second kappa shape index (κ2) is 11.3. The van der Waals surface area contributed by atoms with Crippen molar-refractivity contribution < 1.29 is 34.3 Å². The summed E-state index contributed by atoms with van der Waals surface area (Å²) in [4.78, 5) is 11.8. The van der Waals surface area contributed by atoms with Gasteiger partial charge in [0.25, 0.3) is 0 Å². The molecule has 3 rings (SSSR count). The summed E-state index contributed by atoms with van der Waals surface area (Å²) in [7, 11) is 0. The number of esters is 1. The van der Waals surface area contributed by atoms with Crippen molar-refractivity contribution in [2.45, 2.75) is 57.7 Å². The van der Waals surface area contributed by atoms with Crippen molar-refractivity contribution in [1.29, 1.82) is 0 Å². The molecule has 0 bridgehead atoms. The van der Waals surface area contributed by atoms with E-state index in [9.17, 15) is 20.1 Å². The highest BCUT2D eigenvalue weighted by Crippen LogP contribution is 2.34. The third-order valence-electron chi connectivity index (χ3n) is 5.60. The van der Waals surface area contributed by atoms with E-state index in [0.717, 1.165) is 16.9 Å². The van der Waals surface area contributed by atoms with Gasteiger partial charge in [-0.25, -0.2) is 0 Å². The van der Waals surface area contributed by atoms with Crippen LogP contribution in [0.1, 0.15) is 43.6 Å². The summed E-state index contributed by atoms with van der Waals surface area (Å²) < 4.78 is 16.5. The van der Waals surface area contributed by atoms with Gasteiger partial charge in [-0.15, -0.1) is 0 Å². The zero-order valence-corrected chi connectivity index (χ0v) is 19.7. The molecule has 33 heavy (non-hydrogen) atoms. The summed E-state index contributed by atoms with van der Waals surface area (Å²) >= 11 is 6.42. The molecule has 1 aliphatic heterocycles. The van der Waals surface area contributed by atoms with E-state index < -0.39 is 36.5 Å². The van der Waals surface area contributed by atoms with Gasteiger partial charge in [0.05, 0.1) is 12.5 Å². The van der Waals surface area contributed by atoms with Crippen molar-refractivity contribution in [3.63, 3.8) is 0 Å².